The van der Waals surface area contributed by atoms with E-state index in [9.17, 15) is 4.79 Å². The lowest BCUT2D eigenvalue weighted by molar-refractivity contribution is -0.115. The summed E-state index contributed by atoms with van der Waals surface area (Å²) in [5, 5.41) is 11.7. The quantitative estimate of drug-likeness (QED) is 0.873. The molecular weight excluding hydrogens is 316 g/mol. The Hall–Kier alpha value is -3.52. The minimum Gasteiger partial charge on any atom is -0.493 e. The van der Waals surface area contributed by atoms with Crippen LogP contribution in [0.2, 0.25) is 0 Å². The lowest BCUT2D eigenvalue weighted by Crippen LogP contribution is -2.15. The highest BCUT2D eigenvalue weighted by atomic mass is 16.5. The summed E-state index contributed by atoms with van der Waals surface area (Å²) < 4.78 is 10.5. The Balaban J connectivity index is 1.92. The molecule has 1 heterocycles. The van der Waals surface area contributed by atoms with Gasteiger partial charge in [-0.05, 0) is 48.0 Å². The van der Waals surface area contributed by atoms with Crippen molar-refractivity contribution in [1.82, 2.24) is 5.32 Å². The Kier molecular flexibility index (Phi) is 4.53. The van der Waals surface area contributed by atoms with Crippen molar-refractivity contribution in [3.05, 3.63) is 70.8 Å². The fourth-order valence-electron chi connectivity index (χ4n) is 2.55. The number of ether oxygens (including phenoxy) is 2. The van der Waals surface area contributed by atoms with E-state index < -0.39 is 0 Å². The highest BCUT2D eigenvalue weighted by molar-refractivity contribution is 6.10. The van der Waals surface area contributed by atoms with Gasteiger partial charge in [-0.3, -0.25) is 4.79 Å². The summed E-state index contributed by atoms with van der Waals surface area (Å²) in [6, 6.07) is 14.6. The highest BCUT2D eigenvalue weighted by Gasteiger charge is 2.20. The maximum Gasteiger partial charge on any atom is 0.255 e. The minimum absolute atomic E-state index is 0.172. The van der Waals surface area contributed by atoms with E-state index in [0.29, 0.717) is 28.3 Å². The normalized spacial score (nSPS) is 14.7. The van der Waals surface area contributed by atoms with Crippen LogP contribution >= 0.6 is 0 Å². The molecule has 0 aliphatic carbocycles. The molecule has 0 saturated carbocycles. The summed E-state index contributed by atoms with van der Waals surface area (Å²) in [7, 11) is 3.14. The third kappa shape index (κ3) is 3.38. The second-order valence-electron chi connectivity index (χ2n) is 5.42. The molecule has 1 aliphatic rings. The van der Waals surface area contributed by atoms with E-state index in [-0.39, 0.29) is 5.91 Å². The zero-order valence-electron chi connectivity index (χ0n) is 13.9. The number of amides is 1. The lowest BCUT2D eigenvalue weighted by atomic mass is 10.1. The number of carbonyl (C=O) groups is 1. The molecule has 1 N–H and O–H groups in total. The molecule has 0 aromatic heterocycles. The topological polar surface area (TPSA) is 71.3 Å². The van der Waals surface area contributed by atoms with Crippen LogP contribution in [0.3, 0.4) is 0 Å². The average Bonchev–Trinajstić information content (AvgIpc) is 3.02. The number of hydrogen-bond acceptors (Lipinski definition) is 4. The van der Waals surface area contributed by atoms with Gasteiger partial charge in [-0.15, -0.1) is 0 Å². The second-order valence-corrected chi connectivity index (χ2v) is 5.42. The lowest BCUT2D eigenvalue weighted by Gasteiger charge is -2.10. The molecule has 5 nitrogen and oxygen atoms in total. The number of nitrogens with zero attached hydrogens (tertiary/aromatic N) is 1. The first-order chi connectivity index (χ1) is 12.1. The van der Waals surface area contributed by atoms with Crippen molar-refractivity contribution in [2.45, 2.75) is 0 Å². The molecule has 25 heavy (non-hydrogen) atoms. The van der Waals surface area contributed by atoms with Crippen LogP contribution in [0.4, 0.5) is 0 Å². The van der Waals surface area contributed by atoms with E-state index >= 15 is 0 Å². The highest BCUT2D eigenvalue weighted by Crippen LogP contribution is 2.31. The SMILES string of the molecule is COc1ccc(C2=C/C(=C/c3ccc(C#N)cc3)C(=O)N2)cc1OC. The molecule has 1 amide bonds. The maximum absolute atomic E-state index is 12.2. The molecule has 5 heteroatoms. The first-order valence-corrected chi connectivity index (χ1v) is 7.62. The summed E-state index contributed by atoms with van der Waals surface area (Å²) >= 11 is 0. The van der Waals surface area contributed by atoms with Crippen molar-refractivity contribution in [3.63, 3.8) is 0 Å². The molecule has 2 aromatic rings. The summed E-state index contributed by atoms with van der Waals surface area (Å²) in [5.41, 5.74) is 3.52. The van der Waals surface area contributed by atoms with Crippen LogP contribution < -0.4 is 14.8 Å². The predicted molar refractivity (Wildman–Crippen MR) is 94.8 cm³/mol. The van der Waals surface area contributed by atoms with Gasteiger partial charge in [0.05, 0.1) is 25.9 Å². The molecule has 0 radical (unpaired) electrons. The molecular formula is C20H16N2O3. The van der Waals surface area contributed by atoms with Crippen LogP contribution in [-0.4, -0.2) is 20.1 Å². The Morgan fingerprint density at radius 1 is 1.04 bits per heavy atom. The molecule has 124 valence electrons. The van der Waals surface area contributed by atoms with Crippen LogP contribution in [-0.2, 0) is 4.79 Å². The molecule has 0 spiro atoms. The third-order valence-corrected chi connectivity index (χ3v) is 3.87. The molecule has 0 atom stereocenters. The van der Waals surface area contributed by atoms with Crippen LogP contribution in [0, 0.1) is 11.3 Å². The molecule has 2 aromatic carbocycles. The fraction of sp³-hybridized carbons (Fsp3) is 0.100. The van der Waals surface area contributed by atoms with Gasteiger partial charge < -0.3 is 14.8 Å². The first-order valence-electron chi connectivity index (χ1n) is 7.62. The van der Waals surface area contributed by atoms with Gasteiger partial charge in [-0.2, -0.15) is 5.26 Å². The van der Waals surface area contributed by atoms with E-state index in [1.165, 1.54) is 0 Å². The standard InChI is InChI=1S/C20H16N2O3/c1-24-18-8-7-15(11-19(18)25-2)17-10-16(20(23)22-17)9-13-3-5-14(12-21)6-4-13/h3-11H,1-2H3,(H,22,23)/b16-9-. The van der Waals surface area contributed by atoms with Gasteiger partial charge in [0.15, 0.2) is 11.5 Å². The maximum atomic E-state index is 12.2. The van der Waals surface area contributed by atoms with Crippen molar-refractivity contribution in [2.75, 3.05) is 14.2 Å². The smallest absolute Gasteiger partial charge is 0.255 e. The average molecular weight is 332 g/mol. The van der Waals surface area contributed by atoms with Crippen LogP contribution in [0.25, 0.3) is 11.8 Å². The zero-order valence-corrected chi connectivity index (χ0v) is 13.9. The summed E-state index contributed by atoms with van der Waals surface area (Å²) in [4.78, 5) is 12.2. The van der Waals surface area contributed by atoms with E-state index in [4.69, 9.17) is 14.7 Å². The van der Waals surface area contributed by atoms with Gasteiger partial charge >= 0.3 is 0 Å². The monoisotopic (exact) mass is 332 g/mol. The summed E-state index contributed by atoms with van der Waals surface area (Å²) in [6.45, 7) is 0. The number of rotatable bonds is 4. The molecule has 0 unspecified atom stereocenters. The van der Waals surface area contributed by atoms with Gasteiger partial charge in [0.2, 0.25) is 0 Å². The number of nitriles is 1. The van der Waals surface area contributed by atoms with Crippen molar-refractivity contribution < 1.29 is 14.3 Å². The molecule has 3 rings (SSSR count). The molecule has 0 bridgehead atoms. The van der Waals surface area contributed by atoms with Crippen molar-refractivity contribution in [3.8, 4) is 17.6 Å². The second kappa shape index (κ2) is 6.93. The zero-order chi connectivity index (χ0) is 17.8. The van der Waals surface area contributed by atoms with Crippen molar-refractivity contribution >= 4 is 17.7 Å². The Bertz CT molecular complexity index is 919. The Morgan fingerprint density at radius 2 is 1.76 bits per heavy atom. The first kappa shape index (κ1) is 16.3. The number of benzene rings is 2. The number of nitrogens with one attached hydrogen (secondary N) is 1. The van der Waals surface area contributed by atoms with Crippen LogP contribution in [0.5, 0.6) is 11.5 Å². The molecule has 1 aliphatic heterocycles. The van der Waals surface area contributed by atoms with E-state index in [1.807, 2.05) is 12.1 Å². The number of methoxy groups -OCH3 is 2. The van der Waals surface area contributed by atoms with Crippen molar-refractivity contribution in [1.29, 1.82) is 5.26 Å². The Labute approximate surface area is 145 Å². The van der Waals surface area contributed by atoms with Crippen molar-refractivity contribution in [2.24, 2.45) is 0 Å². The fourth-order valence-corrected chi connectivity index (χ4v) is 2.55. The van der Waals surface area contributed by atoms with Gasteiger partial charge in [0.1, 0.15) is 0 Å². The summed E-state index contributed by atoms with van der Waals surface area (Å²) in [5.74, 6) is 1.05. The van der Waals surface area contributed by atoms with Gasteiger partial charge in [-0.25, -0.2) is 0 Å². The number of hydrogen-bond donors (Lipinski definition) is 1. The van der Waals surface area contributed by atoms with E-state index in [2.05, 4.69) is 11.4 Å². The van der Waals surface area contributed by atoms with Crippen LogP contribution in [0.15, 0.2) is 54.1 Å². The predicted octanol–water partition coefficient (Wildman–Crippen LogP) is 3.13. The summed E-state index contributed by atoms with van der Waals surface area (Å²) in [6.07, 6.45) is 3.58. The number of carbonyl (C=O) groups excluding carboxylic acids is 1. The Morgan fingerprint density at radius 3 is 2.40 bits per heavy atom. The van der Waals surface area contributed by atoms with Gasteiger partial charge in [-0.1, -0.05) is 12.1 Å². The molecule has 0 saturated heterocycles. The van der Waals surface area contributed by atoms with E-state index in [0.717, 1.165) is 11.1 Å². The molecule has 0 fully saturated rings. The van der Waals surface area contributed by atoms with E-state index in [1.54, 1.807) is 56.7 Å². The van der Waals surface area contributed by atoms with Crippen LogP contribution in [0.1, 0.15) is 16.7 Å². The largest absolute Gasteiger partial charge is 0.493 e. The van der Waals surface area contributed by atoms with Gasteiger partial charge in [0.25, 0.3) is 5.91 Å². The third-order valence-electron chi connectivity index (χ3n) is 3.87. The van der Waals surface area contributed by atoms with Gasteiger partial charge in [0, 0.05) is 16.8 Å². The minimum atomic E-state index is -0.172.